The highest BCUT2D eigenvalue weighted by Gasteiger charge is 2.26. The summed E-state index contributed by atoms with van der Waals surface area (Å²) in [7, 11) is 4.27. The fourth-order valence-electron chi connectivity index (χ4n) is 3.52. The number of ether oxygens (including phenoxy) is 1. The third-order valence-corrected chi connectivity index (χ3v) is 4.44. The molecule has 2 unspecified atom stereocenters. The number of likely N-dealkylation sites (N-methyl/N-ethyl adjacent to an activating group) is 2. The van der Waals surface area contributed by atoms with Gasteiger partial charge in [-0.15, -0.1) is 0 Å². The molecule has 0 aromatic carbocycles. The quantitative estimate of drug-likeness (QED) is 0.787. The van der Waals surface area contributed by atoms with Crippen LogP contribution in [0, 0.1) is 5.92 Å². The number of hydrogen-bond acceptors (Lipinski definition) is 3. The van der Waals surface area contributed by atoms with Gasteiger partial charge in [0, 0.05) is 19.6 Å². The molecular formula is C15H30N2O. The van der Waals surface area contributed by atoms with E-state index in [0.717, 1.165) is 19.0 Å². The van der Waals surface area contributed by atoms with Crippen LogP contribution in [0.5, 0.6) is 0 Å². The van der Waals surface area contributed by atoms with Gasteiger partial charge in [0.2, 0.25) is 0 Å². The van der Waals surface area contributed by atoms with Crippen molar-refractivity contribution in [3.63, 3.8) is 0 Å². The Morgan fingerprint density at radius 2 is 1.72 bits per heavy atom. The van der Waals surface area contributed by atoms with Gasteiger partial charge in [-0.05, 0) is 45.7 Å². The maximum atomic E-state index is 6.06. The van der Waals surface area contributed by atoms with E-state index in [9.17, 15) is 0 Å². The maximum absolute atomic E-state index is 6.06. The van der Waals surface area contributed by atoms with Crippen LogP contribution in [0.1, 0.15) is 44.9 Å². The molecule has 2 atom stereocenters. The minimum atomic E-state index is 0.447. The highest BCUT2D eigenvalue weighted by molar-refractivity contribution is 4.78. The van der Waals surface area contributed by atoms with Crippen molar-refractivity contribution in [2.24, 2.45) is 5.92 Å². The molecule has 0 amide bonds. The molecule has 2 fully saturated rings. The second-order valence-electron chi connectivity index (χ2n) is 6.24. The summed E-state index contributed by atoms with van der Waals surface area (Å²) < 4.78 is 6.06. The van der Waals surface area contributed by atoms with Crippen molar-refractivity contribution in [1.29, 1.82) is 0 Å². The first-order valence-electron chi connectivity index (χ1n) is 7.76. The van der Waals surface area contributed by atoms with E-state index in [1.165, 1.54) is 51.5 Å². The summed E-state index contributed by atoms with van der Waals surface area (Å²) in [6.45, 7) is 3.40. The Morgan fingerprint density at radius 3 is 2.44 bits per heavy atom. The molecule has 3 nitrogen and oxygen atoms in total. The van der Waals surface area contributed by atoms with Crippen LogP contribution in [0.2, 0.25) is 0 Å². The molecule has 1 heterocycles. The van der Waals surface area contributed by atoms with E-state index in [4.69, 9.17) is 4.74 Å². The Labute approximate surface area is 112 Å². The minimum absolute atomic E-state index is 0.447. The first-order chi connectivity index (χ1) is 8.78. The predicted molar refractivity (Wildman–Crippen MR) is 75.9 cm³/mol. The van der Waals surface area contributed by atoms with Crippen LogP contribution in [0.3, 0.4) is 0 Å². The van der Waals surface area contributed by atoms with Crippen molar-refractivity contribution in [2.45, 2.75) is 57.2 Å². The van der Waals surface area contributed by atoms with E-state index in [0.29, 0.717) is 12.2 Å². The smallest absolute Gasteiger partial charge is 0.0707 e. The second kappa shape index (κ2) is 7.46. The fraction of sp³-hybridized carbons (Fsp3) is 1.00. The van der Waals surface area contributed by atoms with Crippen LogP contribution in [0.25, 0.3) is 0 Å². The number of nitrogens with one attached hydrogen (secondary N) is 1. The first kappa shape index (κ1) is 14.3. The Kier molecular flexibility index (Phi) is 5.93. The van der Waals surface area contributed by atoms with Gasteiger partial charge in [0.1, 0.15) is 0 Å². The van der Waals surface area contributed by atoms with Crippen LogP contribution in [0.15, 0.2) is 0 Å². The molecule has 0 bridgehead atoms. The molecule has 0 radical (unpaired) electrons. The summed E-state index contributed by atoms with van der Waals surface area (Å²) in [5, 5.41) is 3.21. The monoisotopic (exact) mass is 254 g/mol. The van der Waals surface area contributed by atoms with Gasteiger partial charge in [-0.3, -0.25) is 0 Å². The summed E-state index contributed by atoms with van der Waals surface area (Å²) >= 11 is 0. The molecule has 1 aliphatic carbocycles. The number of rotatable bonds is 6. The molecule has 0 spiro atoms. The van der Waals surface area contributed by atoms with Crippen molar-refractivity contribution in [3.05, 3.63) is 0 Å². The molecule has 106 valence electrons. The van der Waals surface area contributed by atoms with Gasteiger partial charge in [-0.25, -0.2) is 0 Å². The number of nitrogens with zero attached hydrogens (tertiary/aromatic N) is 1. The Bertz CT molecular complexity index is 229. The second-order valence-corrected chi connectivity index (χ2v) is 6.24. The van der Waals surface area contributed by atoms with Crippen LogP contribution in [0.4, 0.5) is 0 Å². The molecule has 1 saturated carbocycles. The van der Waals surface area contributed by atoms with Crippen molar-refractivity contribution in [1.82, 2.24) is 10.2 Å². The summed E-state index contributed by atoms with van der Waals surface area (Å²) in [5.41, 5.74) is 0. The van der Waals surface area contributed by atoms with Crippen molar-refractivity contribution < 1.29 is 4.74 Å². The van der Waals surface area contributed by atoms with Crippen molar-refractivity contribution in [2.75, 3.05) is 33.7 Å². The molecule has 3 heteroatoms. The van der Waals surface area contributed by atoms with E-state index >= 15 is 0 Å². The molecule has 0 aromatic heterocycles. The third-order valence-electron chi connectivity index (χ3n) is 4.44. The number of hydrogen-bond donors (Lipinski definition) is 1. The highest BCUT2D eigenvalue weighted by atomic mass is 16.5. The molecular weight excluding hydrogens is 224 g/mol. The van der Waals surface area contributed by atoms with Gasteiger partial charge in [0.25, 0.3) is 0 Å². The Morgan fingerprint density at radius 1 is 1.00 bits per heavy atom. The molecule has 1 saturated heterocycles. The zero-order chi connectivity index (χ0) is 12.8. The maximum Gasteiger partial charge on any atom is 0.0707 e. The van der Waals surface area contributed by atoms with Crippen LogP contribution >= 0.6 is 0 Å². The van der Waals surface area contributed by atoms with Gasteiger partial charge in [0.15, 0.2) is 0 Å². The van der Waals surface area contributed by atoms with E-state index in [1.54, 1.807) is 0 Å². The van der Waals surface area contributed by atoms with Gasteiger partial charge in [-0.2, -0.15) is 0 Å². The molecule has 1 N–H and O–H groups in total. The predicted octanol–water partition coefficient (Wildman–Crippen LogP) is 2.27. The van der Waals surface area contributed by atoms with Crippen LogP contribution < -0.4 is 5.32 Å². The van der Waals surface area contributed by atoms with E-state index < -0.39 is 0 Å². The van der Waals surface area contributed by atoms with Crippen LogP contribution in [-0.4, -0.2) is 50.8 Å². The summed E-state index contributed by atoms with van der Waals surface area (Å²) in [6, 6.07) is 0. The van der Waals surface area contributed by atoms with Crippen LogP contribution in [-0.2, 0) is 4.74 Å². The average Bonchev–Trinajstić information content (AvgIpc) is 2.78. The van der Waals surface area contributed by atoms with Gasteiger partial charge in [0.05, 0.1) is 12.2 Å². The topological polar surface area (TPSA) is 24.5 Å². The van der Waals surface area contributed by atoms with Gasteiger partial charge < -0.3 is 15.0 Å². The average molecular weight is 254 g/mol. The van der Waals surface area contributed by atoms with Crippen molar-refractivity contribution in [3.8, 4) is 0 Å². The molecule has 2 rings (SSSR count). The standard InChI is InChI=1S/C15H30N2O/c1-16-10-14-8-9-15(18-14)12-17(2)11-13-6-4-3-5-7-13/h13-16H,3-12H2,1-2H3. The minimum Gasteiger partial charge on any atom is -0.372 e. The lowest BCUT2D eigenvalue weighted by Gasteiger charge is -2.28. The SMILES string of the molecule is CNCC1CCC(CN(C)CC2CCCCC2)O1. The molecule has 18 heavy (non-hydrogen) atoms. The van der Waals surface area contributed by atoms with Crippen molar-refractivity contribution >= 4 is 0 Å². The lowest BCUT2D eigenvalue weighted by Crippen LogP contribution is -2.34. The summed E-state index contributed by atoms with van der Waals surface area (Å²) in [5.74, 6) is 0.943. The summed E-state index contributed by atoms with van der Waals surface area (Å²) in [4.78, 5) is 2.50. The lowest BCUT2D eigenvalue weighted by molar-refractivity contribution is 0.0254. The molecule has 2 aliphatic rings. The molecule has 1 aliphatic heterocycles. The van der Waals surface area contributed by atoms with E-state index in [2.05, 4.69) is 17.3 Å². The summed E-state index contributed by atoms with van der Waals surface area (Å²) in [6.07, 6.45) is 10.6. The Balaban J connectivity index is 1.63. The highest BCUT2D eigenvalue weighted by Crippen LogP contribution is 2.25. The van der Waals surface area contributed by atoms with Gasteiger partial charge in [-0.1, -0.05) is 19.3 Å². The zero-order valence-corrected chi connectivity index (χ0v) is 12.2. The van der Waals surface area contributed by atoms with E-state index in [-0.39, 0.29) is 0 Å². The normalized spacial score (nSPS) is 30.2. The zero-order valence-electron chi connectivity index (χ0n) is 12.2. The Hall–Kier alpha value is -0.120. The lowest BCUT2D eigenvalue weighted by atomic mass is 9.89. The molecule has 0 aromatic rings. The fourth-order valence-corrected chi connectivity index (χ4v) is 3.52. The third kappa shape index (κ3) is 4.52. The van der Waals surface area contributed by atoms with Gasteiger partial charge >= 0.3 is 0 Å². The van der Waals surface area contributed by atoms with E-state index in [1.807, 2.05) is 7.05 Å². The largest absolute Gasteiger partial charge is 0.372 e. The first-order valence-corrected chi connectivity index (χ1v) is 7.76.